The van der Waals surface area contributed by atoms with E-state index in [9.17, 15) is 9.59 Å². The standard InChI is InChI=1S/C21H28N2O3/c1-2-26-20(25)11-5-3-4-8-14-23-19(24)15-17-13-12-16-9-6-7-10-18(16)21(17)22-23/h6-7,9-10,17H,2-5,8,11-15H2,1H3. The molecule has 1 aliphatic carbocycles. The van der Waals surface area contributed by atoms with Crippen LogP contribution in [0.5, 0.6) is 0 Å². The summed E-state index contributed by atoms with van der Waals surface area (Å²) in [5.74, 6) is 0.301. The fraction of sp³-hybridized carbons (Fsp3) is 0.571. The lowest BCUT2D eigenvalue weighted by Crippen LogP contribution is -2.39. The maximum absolute atomic E-state index is 12.4. The number of nitrogens with zero attached hydrogens (tertiary/aromatic N) is 2. The molecule has 0 bridgehead atoms. The number of hydrogen-bond acceptors (Lipinski definition) is 4. The van der Waals surface area contributed by atoms with Crippen molar-refractivity contribution in [2.45, 2.75) is 58.3 Å². The molecular weight excluding hydrogens is 328 g/mol. The average Bonchev–Trinajstić information content (AvgIpc) is 2.65. The number of esters is 1. The van der Waals surface area contributed by atoms with Crippen molar-refractivity contribution in [2.75, 3.05) is 13.2 Å². The molecule has 1 aromatic carbocycles. The molecule has 1 atom stereocenters. The summed E-state index contributed by atoms with van der Waals surface area (Å²) in [5.41, 5.74) is 3.65. The lowest BCUT2D eigenvalue weighted by molar-refractivity contribution is -0.143. The molecule has 0 aromatic heterocycles. The normalized spacial score (nSPS) is 18.8. The Morgan fingerprint density at radius 3 is 2.88 bits per heavy atom. The Morgan fingerprint density at radius 1 is 1.23 bits per heavy atom. The van der Waals surface area contributed by atoms with E-state index < -0.39 is 0 Å². The van der Waals surface area contributed by atoms with E-state index in [1.807, 2.05) is 13.0 Å². The Bertz CT molecular complexity index is 684. The Kier molecular flexibility index (Phi) is 6.42. The monoisotopic (exact) mass is 356 g/mol. The molecular formula is C21H28N2O3. The van der Waals surface area contributed by atoms with Crippen LogP contribution in [0.4, 0.5) is 0 Å². The van der Waals surface area contributed by atoms with Gasteiger partial charge in [-0.05, 0) is 38.2 Å². The van der Waals surface area contributed by atoms with Gasteiger partial charge in [0.05, 0.1) is 12.3 Å². The summed E-state index contributed by atoms with van der Waals surface area (Å²) in [6.07, 6.45) is 6.84. The second-order valence-electron chi connectivity index (χ2n) is 7.07. The highest BCUT2D eigenvalue weighted by Gasteiger charge is 2.33. The molecule has 1 unspecified atom stereocenters. The van der Waals surface area contributed by atoms with E-state index >= 15 is 0 Å². The number of fused-ring (bicyclic) bond motifs is 3. The van der Waals surface area contributed by atoms with Gasteiger partial charge in [-0.1, -0.05) is 37.1 Å². The van der Waals surface area contributed by atoms with Gasteiger partial charge >= 0.3 is 5.97 Å². The molecule has 1 aromatic rings. The number of carbonyl (C=O) groups is 2. The second-order valence-corrected chi connectivity index (χ2v) is 7.07. The summed E-state index contributed by atoms with van der Waals surface area (Å²) < 4.78 is 4.93. The van der Waals surface area contributed by atoms with Gasteiger partial charge in [0.25, 0.3) is 0 Å². The quantitative estimate of drug-likeness (QED) is 0.527. The molecule has 140 valence electrons. The topological polar surface area (TPSA) is 59.0 Å². The van der Waals surface area contributed by atoms with Crippen LogP contribution in [0.1, 0.15) is 63.0 Å². The minimum absolute atomic E-state index is 0.118. The van der Waals surface area contributed by atoms with Gasteiger partial charge in [0, 0.05) is 30.9 Å². The predicted octanol–water partition coefficient (Wildman–Crippen LogP) is 3.70. The molecule has 5 heteroatoms. The van der Waals surface area contributed by atoms with Crippen molar-refractivity contribution in [3.8, 4) is 0 Å². The first-order chi connectivity index (χ1) is 12.7. The fourth-order valence-electron chi connectivity index (χ4n) is 3.80. The third-order valence-electron chi connectivity index (χ3n) is 5.19. The number of hydrazone groups is 1. The van der Waals surface area contributed by atoms with Crippen LogP contribution in [0.15, 0.2) is 29.4 Å². The largest absolute Gasteiger partial charge is 0.466 e. The van der Waals surface area contributed by atoms with E-state index in [0.29, 0.717) is 26.0 Å². The van der Waals surface area contributed by atoms with E-state index in [-0.39, 0.29) is 17.8 Å². The zero-order valence-electron chi connectivity index (χ0n) is 15.6. The fourth-order valence-corrected chi connectivity index (χ4v) is 3.80. The van der Waals surface area contributed by atoms with E-state index in [0.717, 1.165) is 44.2 Å². The third-order valence-corrected chi connectivity index (χ3v) is 5.19. The van der Waals surface area contributed by atoms with Crippen LogP contribution in [-0.2, 0) is 20.7 Å². The zero-order valence-corrected chi connectivity index (χ0v) is 15.6. The maximum Gasteiger partial charge on any atom is 0.305 e. The number of amides is 1. The first kappa shape index (κ1) is 18.6. The van der Waals surface area contributed by atoms with Gasteiger partial charge in [-0.2, -0.15) is 5.10 Å². The Labute approximate surface area is 155 Å². The summed E-state index contributed by atoms with van der Waals surface area (Å²) in [5, 5.41) is 6.39. The molecule has 0 spiro atoms. The Hall–Kier alpha value is -2.17. The van der Waals surface area contributed by atoms with Crippen LogP contribution in [0.2, 0.25) is 0 Å². The van der Waals surface area contributed by atoms with Crippen molar-refractivity contribution in [2.24, 2.45) is 11.0 Å². The summed E-state index contributed by atoms with van der Waals surface area (Å²) >= 11 is 0. The molecule has 1 aliphatic heterocycles. The molecule has 3 rings (SSSR count). The predicted molar refractivity (Wildman–Crippen MR) is 101 cm³/mol. The van der Waals surface area contributed by atoms with Crippen LogP contribution in [-0.4, -0.2) is 35.7 Å². The van der Waals surface area contributed by atoms with Gasteiger partial charge in [-0.25, -0.2) is 5.01 Å². The van der Waals surface area contributed by atoms with Gasteiger partial charge < -0.3 is 4.74 Å². The molecule has 0 N–H and O–H groups in total. The van der Waals surface area contributed by atoms with Crippen molar-refractivity contribution in [1.82, 2.24) is 5.01 Å². The summed E-state index contributed by atoms with van der Waals surface area (Å²) in [6, 6.07) is 8.41. The highest BCUT2D eigenvalue weighted by atomic mass is 16.5. The summed E-state index contributed by atoms with van der Waals surface area (Å²) in [7, 11) is 0. The minimum Gasteiger partial charge on any atom is -0.466 e. The molecule has 26 heavy (non-hydrogen) atoms. The smallest absolute Gasteiger partial charge is 0.305 e. The molecule has 1 heterocycles. The molecule has 0 saturated heterocycles. The van der Waals surface area contributed by atoms with Crippen molar-refractivity contribution < 1.29 is 14.3 Å². The van der Waals surface area contributed by atoms with Gasteiger partial charge in [-0.3, -0.25) is 9.59 Å². The second kappa shape index (κ2) is 8.97. The van der Waals surface area contributed by atoms with Crippen molar-refractivity contribution >= 4 is 17.6 Å². The molecule has 2 aliphatic rings. The number of rotatable bonds is 8. The van der Waals surface area contributed by atoms with Gasteiger partial charge in [-0.15, -0.1) is 0 Å². The van der Waals surface area contributed by atoms with Crippen LogP contribution >= 0.6 is 0 Å². The number of unbranched alkanes of at least 4 members (excludes halogenated alkanes) is 3. The molecule has 0 saturated carbocycles. The van der Waals surface area contributed by atoms with Crippen molar-refractivity contribution in [3.63, 3.8) is 0 Å². The highest BCUT2D eigenvalue weighted by Crippen LogP contribution is 2.31. The number of hydrogen-bond donors (Lipinski definition) is 0. The van der Waals surface area contributed by atoms with Gasteiger partial charge in [0.2, 0.25) is 5.91 Å². The maximum atomic E-state index is 12.4. The minimum atomic E-state index is -0.118. The van der Waals surface area contributed by atoms with Crippen LogP contribution in [0, 0.1) is 5.92 Å². The van der Waals surface area contributed by atoms with E-state index in [4.69, 9.17) is 9.84 Å². The average molecular weight is 356 g/mol. The lowest BCUT2D eigenvalue weighted by atomic mass is 9.79. The van der Waals surface area contributed by atoms with Crippen LogP contribution in [0.25, 0.3) is 0 Å². The number of ether oxygens (including phenoxy) is 1. The van der Waals surface area contributed by atoms with Crippen LogP contribution < -0.4 is 0 Å². The van der Waals surface area contributed by atoms with Crippen molar-refractivity contribution in [1.29, 1.82) is 0 Å². The molecule has 0 radical (unpaired) electrons. The number of aryl methyl sites for hydroxylation is 1. The lowest BCUT2D eigenvalue weighted by Gasteiger charge is -2.33. The highest BCUT2D eigenvalue weighted by molar-refractivity contribution is 6.07. The first-order valence-corrected chi connectivity index (χ1v) is 9.81. The molecule has 1 amide bonds. The first-order valence-electron chi connectivity index (χ1n) is 9.81. The van der Waals surface area contributed by atoms with E-state index in [1.54, 1.807) is 5.01 Å². The Balaban J connectivity index is 1.50. The SMILES string of the molecule is CCOC(=O)CCCCCCN1N=C2c3ccccc3CCC2CC1=O. The zero-order chi connectivity index (χ0) is 18.4. The van der Waals surface area contributed by atoms with Gasteiger partial charge in [0.1, 0.15) is 0 Å². The summed E-state index contributed by atoms with van der Waals surface area (Å²) in [4.78, 5) is 23.7. The van der Waals surface area contributed by atoms with Crippen molar-refractivity contribution in [3.05, 3.63) is 35.4 Å². The summed E-state index contributed by atoms with van der Waals surface area (Å²) in [6.45, 7) is 2.93. The number of carbonyl (C=O) groups excluding carboxylic acids is 2. The molecule has 0 fully saturated rings. The van der Waals surface area contributed by atoms with E-state index in [2.05, 4.69) is 18.2 Å². The number of benzene rings is 1. The molecule has 5 nitrogen and oxygen atoms in total. The van der Waals surface area contributed by atoms with Crippen LogP contribution in [0.3, 0.4) is 0 Å². The Morgan fingerprint density at radius 2 is 2.04 bits per heavy atom. The van der Waals surface area contributed by atoms with Gasteiger partial charge in [0.15, 0.2) is 0 Å². The van der Waals surface area contributed by atoms with E-state index in [1.165, 1.54) is 11.1 Å². The third kappa shape index (κ3) is 4.51.